The molecule has 0 radical (unpaired) electrons. The van der Waals surface area contributed by atoms with Crippen LogP contribution < -0.4 is 10.6 Å². The zero-order valence-corrected chi connectivity index (χ0v) is 11.7. The molecule has 19 heavy (non-hydrogen) atoms. The number of hydrogen-bond donors (Lipinski definition) is 2. The molecule has 0 saturated carbocycles. The van der Waals surface area contributed by atoms with Crippen molar-refractivity contribution in [1.29, 1.82) is 0 Å². The highest BCUT2D eigenvalue weighted by atomic mass is 16.7. The maximum Gasteiger partial charge on any atom is 0.221 e. The number of carbonyl (C=O) groups excluding carboxylic acids is 1. The number of carbonyl (C=O) groups is 1. The highest BCUT2D eigenvalue weighted by Gasteiger charge is 2.07. The molecule has 0 aliphatic heterocycles. The fraction of sp³-hybridized carbons (Fsp3) is 0.500. The summed E-state index contributed by atoms with van der Waals surface area (Å²) in [6.45, 7) is 2.99. The molecule has 0 unspecified atom stereocenters. The van der Waals surface area contributed by atoms with Crippen molar-refractivity contribution in [1.82, 2.24) is 5.32 Å². The summed E-state index contributed by atoms with van der Waals surface area (Å²) in [6.07, 6.45) is 0.0161. The van der Waals surface area contributed by atoms with Crippen molar-refractivity contribution in [3.8, 4) is 0 Å². The average Bonchev–Trinajstić information content (AvgIpc) is 2.42. The minimum absolute atomic E-state index is 0.0276. The van der Waals surface area contributed by atoms with E-state index in [0.29, 0.717) is 19.5 Å². The summed E-state index contributed by atoms with van der Waals surface area (Å²) in [5.74, 6) is -0.0276. The van der Waals surface area contributed by atoms with Gasteiger partial charge in [-0.1, -0.05) is 18.2 Å². The molecule has 5 heteroatoms. The third kappa shape index (κ3) is 5.72. The molecular weight excluding hydrogens is 244 g/mol. The lowest BCUT2D eigenvalue weighted by Gasteiger charge is -2.14. The molecule has 0 spiro atoms. The summed E-state index contributed by atoms with van der Waals surface area (Å²) >= 11 is 0. The third-order valence-electron chi connectivity index (χ3n) is 2.80. The molecule has 5 nitrogen and oxygen atoms in total. The van der Waals surface area contributed by atoms with Crippen LogP contribution in [0.4, 0.5) is 5.69 Å². The van der Waals surface area contributed by atoms with Crippen LogP contribution in [-0.2, 0) is 14.3 Å². The minimum atomic E-state index is -0.395. The smallest absolute Gasteiger partial charge is 0.221 e. The number of anilines is 1. The van der Waals surface area contributed by atoms with Crippen LogP contribution in [0, 0.1) is 6.92 Å². The van der Waals surface area contributed by atoms with E-state index in [1.165, 1.54) is 5.56 Å². The molecular formula is C14H22N2O3. The lowest BCUT2D eigenvalue weighted by Crippen LogP contribution is -2.34. The Hall–Kier alpha value is -1.59. The first kappa shape index (κ1) is 15.5. The van der Waals surface area contributed by atoms with Gasteiger partial charge in [0.2, 0.25) is 5.91 Å². The molecule has 1 aromatic rings. The second kappa shape index (κ2) is 8.50. The van der Waals surface area contributed by atoms with E-state index in [9.17, 15) is 4.79 Å². The molecule has 0 aliphatic carbocycles. The minimum Gasteiger partial charge on any atom is -0.384 e. The summed E-state index contributed by atoms with van der Waals surface area (Å²) in [6, 6.07) is 7.99. The maximum atomic E-state index is 11.6. The molecule has 1 aromatic carbocycles. The number of para-hydroxylation sites is 1. The quantitative estimate of drug-likeness (QED) is 0.701. The van der Waals surface area contributed by atoms with Gasteiger partial charge < -0.3 is 20.1 Å². The molecule has 1 amide bonds. The van der Waals surface area contributed by atoms with Crippen LogP contribution in [0.2, 0.25) is 0 Å². The van der Waals surface area contributed by atoms with Crippen molar-refractivity contribution in [2.24, 2.45) is 0 Å². The highest BCUT2D eigenvalue weighted by molar-refractivity contribution is 5.76. The molecule has 106 valence electrons. The van der Waals surface area contributed by atoms with Crippen LogP contribution in [0.25, 0.3) is 0 Å². The summed E-state index contributed by atoms with van der Waals surface area (Å²) in [5, 5.41) is 5.99. The number of methoxy groups -OCH3 is 2. The van der Waals surface area contributed by atoms with Gasteiger partial charge in [0.15, 0.2) is 6.29 Å². The summed E-state index contributed by atoms with van der Waals surface area (Å²) in [5.41, 5.74) is 2.23. The number of amides is 1. The fourth-order valence-corrected chi connectivity index (χ4v) is 1.63. The fourth-order valence-electron chi connectivity index (χ4n) is 1.63. The Labute approximate surface area is 114 Å². The first-order valence-corrected chi connectivity index (χ1v) is 6.29. The van der Waals surface area contributed by atoms with Crippen LogP contribution >= 0.6 is 0 Å². The van der Waals surface area contributed by atoms with E-state index >= 15 is 0 Å². The second-order valence-corrected chi connectivity index (χ2v) is 4.20. The Morgan fingerprint density at radius 2 is 1.95 bits per heavy atom. The number of ether oxygens (including phenoxy) is 2. The van der Waals surface area contributed by atoms with E-state index in [2.05, 4.69) is 10.6 Å². The summed E-state index contributed by atoms with van der Waals surface area (Å²) < 4.78 is 9.97. The predicted molar refractivity (Wildman–Crippen MR) is 75.1 cm³/mol. The van der Waals surface area contributed by atoms with E-state index in [0.717, 1.165) is 5.69 Å². The molecule has 0 aliphatic rings. The van der Waals surface area contributed by atoms with Crippen LogP contribution in [0.1, 0.15) is 12.0 Å². The van der Waals surface area contributed by atoms with Gasteiger partial charge in [0.25, 0.3) is 0 Å². The number of aryl methyl sites for hydroxylation is 1. The lowest BCUT2D eigenvalue weighted by atomic mass is 10.2. The largest absolute Gasteiger partial charge is 0.384 e. The van der Waals surface area contributed by atoms with Gasteiger partial charge in [-0.05, 0) is 18.6 Å². The van der Waals surface area contributed by atoms with E-state index in [1.807, 2.05) is 31.2 Å². The predicted octanol–water partition coefficient (Wildman–Crippen LogP) is 1.53. The van der Waals surface area contributed by atoms with Gasteiger partial charge in [-0.25, -0.2) is 0 Å². The van der Waals surface area contributed by atoms with Gasteiger partial charge in [-0.15, -0.1) is 0 Å². The Kier molecular flexibility index (Phi) is 6.92. The normalized spacial score (nSPS) is 10.5. The first-order chi connectivity index (χ1) is 9.17. The van der Waals surface area contributed by atoms with Gasteiger partial charge >= 0.3 is 0 Å². The first-order valence-electron chi connectivity index (χ1n) is 6.29. The molecule has 2 N–H and O–H groups in total. The van der Waals surface area contributed by atoms with Crippen molar-refractivity contribution >= 4 is 11.6 Å². The average molecular weight is 266 g/mol. The molecule has 0 heterocycles. The Balaban J connectivity index is 2.22. The number of nitrogens with one attached hydrogen (secondary N) is 2. The number of hydrogen-bond acceptors (Lipinski definition) is 4. The zero-order valence-electron chi connectivity index (χ0n) is 11.7. The van der Waals surface area contributed by atoms with Gasteiger partial charge in [-0.2, -0.15) is 0 Å². The topological polar surface area (TPSA) is 59.6 Å². The Morgan fingerprint density at radius 1 is 1.26 bits per heavy atom. The van der Waals surface area contributed by atoms with Crippen molar-refractivity contribution in [2.45, 2.75) is 19.6 Å². The third-order valence-corrected chi connectivity index (χ3v) is 2.80. The molecule has 0 bridgehead atoms. The van der Waals surface area contributed by atoms with Crippen LogP contribution in [-0.4, -0.2) is 39.5 Å². The standard InChI is InChI=1S/C14H22N2O3/c1-11-6-4-5-7-12(11)15-9-8-13(17)16-10-14(18-2)19-3/h4-7,14-15H,8-10H2,1-3H3,(H,16,17). The maximum absolute atomic E-state index is 11.6. The molecule has 0 saturated heterocycles. The Bertz CT molecular complexity index is 392. The second-order valence-electron chi connectivity index (χ2n) is 4.20. The van der Waals surface area contributed by atoms with Crippen LogP contribution in [0.15, 0.2) is 24.3 Å². The highest BCUT2D eigenvalue weighted by Crippen LogP contribution is 2.12. The number of rotatable bonds is 8. The van der Waals surface area contributed by atoms with Crippen molar-refractivity contribution < 1.29 is 14.3 Å². The van der Waals surface area contributed by atoms with Crippen molar-refractivity contribution in [3.05, 3.63) is 29.8 Å². The lowest BCUT2D eigenvalue weighted by molar-refractivity contribution is -0.127. The number of benzene rings is 1. The van der Waals surface area contributed by atoms with Crippen LogP contribution in [0.3, 0.4) is 0 Å². The van der Waals surface area contributed by atoms with E-state index < -0.39 is 6.29 Å². The summed E-state index contributed by atoms with van der Waals surface area (Å²) in [4.78, 5) is 11.6. The van der Waals surface area contributed by atoms with Crippen LogP contribution in [0.5, 0.6) is 0 Å². The molecule has 0 fully saturated rings. The Morgan fingerprint density at radius 3 is 2.58 bits per heavy atom. The van der Waals surface area contributed by atoms with Gasteiger partial charge in [-0.3, -0.25) is 4.79 Å². The monoisotopic (exact) mass is 266 g/mol. The van der Waals surface area contributed by atoms with E-state index in [4.69, 9.17) is 9.47 Å². The van der Waals surface area contributed by atoms with Gasteiger partial charge in [0.1, 0.15) is 0 Å². The van der Waals surface area contributed by atoms with Gasteiger partial charge in [0, 0.05) is 32.9 Å². The zero-order chi connectivity index (χ0) is 14.1. The SMILES string of the molecule is COC(CNC(=O)CCNc1ccccc1C)OC. The van der Waals surface area contributed by atoms with Crippen molar-refractivity contribution in [3.63, 3.8) is 0 Å². The molecule has 0 atom stereocenters. The molecule has 1 rings (SSSR count). The van der Waals surface area contributed by atoms with E-state index in [-0.39, 0.29) is 5.91 Å². The van der Waals surface area contributed by atoms with E-state index in [1.54, 1.807) is 14.2 Å². The van der Waals surface area contributed by atoms with Gasteiger partial charge in [0.05, 0.1) is 6.54 Å². The molecule has 0 aromatic heterocycles. The summed E-state index contributed by atoms with van der Waals surface area (Å²) in [7, 11) is 3.08. The van der Waals surface area contributed by atoms with Crippen molar-refractivity contribution in [2.75, 3.05) is 32.6 Å².